The normalized spacial score (nSPS) is 13.7. The van der Waals surface area contributed by atoms with Gasteiger partial charge in [0.2, 0.25) is 0 Å². The fourth-order valence-corrected chi connectivity index (χ4v) is 3.54. The van der Waals surface area contributed by atoms with Crippen molar-refractivity contribution >= 4 is 17.6 Å². The van der Waals surface area contributed by atoms with Crippen molar-refractivity contribution in [2.45, 2.75) is 13.8 Å². The predicted octanol–water partition coefficient (Wildman–Crippen LogP) is 2.83. The van der Waals surface area contributed by atoms with E-state index in [4.69, 9.17) is 14.2 Å². The highest BCUT2D eigenvalue weighted by atomic mass is 16.5. The number of anilines is 1. The topological polar surface area (TPSA) is 68.3 Å². The molecule has 0 aromatic heterocycles. The maximum Gasteiger partial charge on any atom is 0.337 e. The van der Waals surface area contributed by atoms with E-state index in [1.54, 1.807) is 12.1 Å². The van der Waals surface area contributed by atoms with Gasteiger partial charge in [-0.15, -0.1) is 0 Å². The molecular weight excluding hydrogens is 384 g/mol. The molecule has 0 bridgehead atoms. The summed E-state index contributed by atoms with van der Waals surface area (Å²) in [6.07, 6.45) is 0. The van der Waals surface area contributed by atoms with Crippen molar-refractivity contribution in [2.24, 2.45) is 0 Å². The summed E-state index contributed by atoms with van der Waals surface area (Å²) in [6, 6.07) is 11.0. The lowest BCUT2D eigenvalue weighted by Gasteiger charge is -2.37. The van der Waals surface area contributed by atoms with E-state index in [-0.39, 0.29) is 12.5 Å². The zero-order valence-electron chi connectivity index (χ0n) is 17.9. The average molecular weight is 412 g/mol. The molecular formula is C23H28N2O5. The molecule has 0 saturated carbocycles. The molecule has 1 aliphatic heterocycles. The summed E-state index contributed by atoms with van der Waals surface area (Å²) in [5.41, 5.74) is 4.14. The highest BCUT2D eigenvalue weighted by Crippen LogP contribution is 2.28. The maximum atomic E-state index is 12.6. The van der Waals surface area contributed by atoms with Crippen LogP contribution in [0.2, 0.25) is 0 Å². The third-order valence-corrected chi connectivity index (χ3v) is 5.48. The average Bonchev–Trinajstić information content (AvgIpc) is 2.78. The molecule has 0 aliphatic carbocycles. The van der Waals surface area contributed by atoms with E-state index in [1.807, 2.05) is 4.90 Å². The quantitative estimate of drug-likeness (QED) is 0.680. The summed E-state index contributed by atoms with van der Waals surface area (Å²) in [6.45, 7) is 7.02. The number of rotatable bonds is 6. The number of benzene rings is 2. The van der Waals surface area contributed by atoms with E-state index in [0.717, 1.165) is 13.1 Å². The lowest BCUT2D eigenvalue weighted by atomic mass is 10.1. The number of carbonyl (C=O) groups is 2. The molecule has 0 unspecified atom stereocenters. The molecule has 0 N–H and O–H groups in total. The first kappa shape index (κ1) is 21.5. The second kappa shape index (κ2) is 9.52. The molecule has 0 spiro atoms. The van der Waals surface area contributed by atoms with Crippen LogP contribution in [0.5, 0.6) is 11.5 Å². The van der Waals surface area contributed by atoms with E-state index in [0.29, 0.717) is 30.2 Å². The molecule has 3 rings (SSSR count). The number of methoxy groups -OCH3 is 2. The summed E-state index contributed by atoms with van der Waals surface area (Å²) < 4.78 is 15.7. The Kier molecular flexibility index (Phi) is 6.82. The van der Waals surface area contributed by atoms with Crippen molar-refractivity contribution < 1.29 is 23.8 Å². The minimum Gasteiger partial charge on any atom is -0.493 e. The molecule has 1 aliphatic rings. The summed E-state index contributed by atoms with van der Waals surface area (Å²) in [5, 5.41) is 0. The molecule has 30 heavy (non-hydrogen) atoms. The molecule has 7 nitrogen and oxygen atoms in total. The zero-order valence-corrected chi connectivity index (χ0v) is 17.9. The molecule has 2 aromatic rings. The first-order chi connectivity index (χ1) is 14.4. The number of carbonyl (C=O) groups excluding carboxylic acids is 2. The summed E-state index contributed by atoms with van der Waals surface area (Å²) >= 11 is 0. The van der Waals surface area contributed by atoms with Crippen molar-refractivity contribution in [3.63, 3.8) is 0 Å². The van der Waals surface area contributed by atoms with Gasteiger partial charge < -0.3 is 24.0 Å². The molecule has 0 atom stereocenters. The van der Waals surface area contributed by atoms with Crippen LogP contribution < -0.4 is 14.4 Å². The van der Waals surface area contributed by atoms with Crippen LogP contribution in [0.4, 0.5) is 5.69 Å². The Morgan fingerprint density at radius 3 is 2.37 bits per heavy atom. The van der Waals surface area contributed by atoms with Crippen LogP contribution >= 0.6 is 0 Å². The molecule has 1 fully saturated rings. The van der Waals surface area contributed by atoms with E-state index in [2.05, 4.69) is 36.9 Å². The highest BCUT2D eigenvalue weighted by Gasteiger charge is 2.23. The third kappa shape index (κ3) is 4.67. The number of nitrogens with zero attached hydrogens (tertiary/aromatic N) is 2. The third-order valence-electron chi connectivity index (χ3n) is 5.48. The van der Waals surface area contributed by atoms with Crippen LogP contribution in [0.3, 0.4) is 0 Å². The maximum absolute atomic E-state index is 12.6. The Morgan fingerprint density at radius 2 is 1.70 bits per heavy atom. The van der Waals surface area contributed by atoms with Gasteiger partial charge in [0.05, 0.1) is 19.8 Å². The van der Waals surface area contributed by atoms with Crippen molar-refractivity contribution in [1.82, 2.24) is 4.90 Å². The van der Waals surface area contributed by atoms with Gasteiger partial charge in [-0.05, 0) is 49.2 Å². The van der Waals surface area contributed by atoms with Gasteiger partial charge in [-0.2, -0.15) is 0 Å². The molecule has 2 aromatic carbocycles. The van der Waals surface area contributed by atoms with Crippen LogP contribution in [0.1, 0.15) is 21.5 Å². The Labute approximate surface area is 177 Å². The van der Waals surface area contributed by atoms with E-state index < -0.39 is 5.97 Å². The Bertz CT molecular complexity index is 920. The largest absolute Gasteiger partial charge is 0.493 e. The van der Waals surface area contributed by atoms with Gasteiger partial charge in [0.25, 0.3) is 5.91 Å². The van der Waals surface area contributed by atoms with Crippen LogP contribution in [-0.2, 0) is 9.53 Å². The van der Waals surface area contributed by atoms with E-state index >= 15 is 0 Å². The van der Waals surface area contributed by atoms with Gasteiger partial charge >= 0.3 is 5.97 Å². The van der Waals surface area contributed by atoms with Gasteiger partial charge in [0, 0.05) is 31.9 Å². The van der Waals surface area contributed by atoms with Gasteiger partial charge in [0.15, 0.2) is 18.1 Å². The zero-order chi connectivity index (χ0) is 21.7. The number of hydrogen-bond donors (Lipinski definition) is 0. The SMILES string of the molecule is COC(=O)c1ccc(OCC(=O)N2CCN(c3cccc(C)c3C)CC2)c(OC)c1. The second-order valence-electron chi connectivity index (χ2n) is 7.23. The first-order valence-corrected chi connectivity index (χ1v) is 9.92. The number of hydrogen-bond acceptors (Lipinski definition) is 6. The number of esters is 1. The second-order valence-corrected chi connectivity index (χ2v) is 7.23. The predicted molar refractivity (Wildman–Crippen MR) is 115 cm³/mol. The Morgan fingerprint density at radius 1 is 0.967 bits per heavy atom. The van der Waals surface area contributed by atoms with Gasteiger partial charge in [-0.25, -0.2) is 4.79 Å². The number of amides is 1. The minimum absolute atomic E-state index is 0.0743. The summed E-state index contributed by atoms with van der Waals surface area (Å²) in [7, 11) is 2.80. The summed E-state index contributed by atoms with van der Waals surface area (Å²) in [5.74, 6) is 0.255. The monoisotopic (exact) mass is 412 g/mol. The van der Waals surface area contributed by atoms with Crippen LogP contribution in [0.15, 0.2) is 36.4 Å². The van der Waals surface area contributed by atoms with E-state index in [9.17, 15) is 9.59 Å². The van der Waals surface area contributed by atoms with Crippen molar-refractivity contribution in [2.75, 3.05) is 51.9 Å². The van der Waals surface area contributed by atoms with Crippen LogP contribution in [-0.4, -0.2) is 63.8 Å². The van der Waals surface area contributed by atoms with Crippen molar-refractivity contribution in [3.05, 3.63) is 53.1 Å². The Hall–Kier alpha value is -3.22. The number of piperazine rings is 1. The van der Waals surface area contributed by atoms with Gasteiger partial charge in [-0.1, -0.05) is 12.1 Å². The minimum atomic E-state index is -0.461. The molecule has 160 valence electrons. The summed E-state index contributed by atoms with van der Waals surface area (Å²) in [4.78, 5) is 28.4. The number of aryl methyl sites for hydroxylation is 1. The van der Waals surface area contributed by atoms with Crippen LogP contribution in [0.25, 0.3) is 0 Å². The fraction of sp³-hybridized carbons (Fsp3) is 0.391. The smallest absolute Gasteiger partial charge is 0.337 e. The Balaban J connectivity index is 1.56. The fourth-order valence-electron chi connectivity index (χ4n) is 3.54. The lowest BCUT2D eigenvalue weighted by molar-refractivity contribution is -0.133. The highest BCUT2D eigenvalue weighted by molar-refractivity contribution is 5.90. The van der Waals surface area contributed by atoms with Gasteiger partial charge in [-0.3, -0.25) is 4.79 Å². The first-order valence-electron chi connectivity index (χ1n) is 9.92. The van der Waals surface area contributed by atoms with Crippen LogP contribution in [0, 0.1) is 13.8 Å². The molecule has 1 amide bonds. The van der Waals surface area contributed by atoms with E-state index in [1.165, 1.54) is 37.1 Å². The lowest BCUT2D eigenvalue weighted by Crippen LogP contribution is -2.50. The molecule has 7 heteroatoms. The number of ether oxygens (including phenoxy) is 3. The van der Waals surface area contributed by atoms with Crippen molar-refractivity contribution in [1.29, 1.82) is 0 Å². The molecule has 1 saturated heterocycles. The molecule has 0 radical (unpaired) electrons. The van der Waals surface area contributed by atoms with Crippen molar-refractivity contribution in [3.8, 4) is 11.5 Å². The standard InChI is InChI=1S/C23H28N2O5/c1-16-6-5-7-19(17(16)2)24-10-12-25(13-11-24)22(26)15-30-20-9-8-18(23(27)29-4)14-21(20)28-3/h5-9,14H,10-13,15H2,1-4H3. The molecule has 1 heterocycles. The van der Waals surface area contributed by atoms with Gasteiger partial charge in [0.1, 0.15) is 0 Å².